The standard InChI is InChI=1S/C12H20O10/c1-4(13)21-10-9(6(15)3-19-11(10)18)22-12-8(17)7(16)5(14)2-20-12/h5-12,14-18H,2-3H2,1H3/t5-,6+,7+,8-,9+,10-,11-,12+/m1/s1. The summed E-state index contributed by atoms with van der Waals surface area (Å²) in [4.78, 5) is 11.1. The lowest BCUT2D eigenvalue weighted by atomic mass is 10.0. The predicted molar refractivity (Wildman–Crippen MR) is 66.2 cm³/mol. The Kier molecular flexibility index (Phi) is 5.69. The Morgan fingerprint density at radius 1 is 0.955 bits per heavy atom. The molecule has 2 saturated heterocycles. The highest BCUT2D eigenvalue weighted by Gasteiger charge is 2.47. The van der Waals surface area contributed by atoms with Crippen LogP contribution in [0.5, 0.6) is 0 Å². The SMILES string of the molecule is CC(=O)O[C@@H]1[C@@H](O[C@@H]2OC[C@@H](O)[C@H](O)[C@H]2O)[C@@H](O)CO[C@H]1O. The van der Waals surface area contributed by atoms with Crippen LogP contribution in [0.3, 0.4) is 0 Å². The molecule has 0 bridgehead atoms. The van der Waals surface area contributed by atoms with Crippen LogP contribution >= 0.6 is 0 Å². The van der Waals surface area contributed by atoms with Gasteiger partial charge in [-0.15, -0.1) is 0 Å². The van der Waals surface area contributed by atoms with Crippen LogP contribution in [-0.2, 0) is 23.7 Å². The average Bonchev–Trinajstić information content (AvgIpc) is 2.46. The van der Waals surface area contributed by atoms with Gasteiger partial charge in [0.2, 0.25) is 0 Å². The van der Waals surface area contributed by atoms with Gasteiger partial charge >= 0.3 is 5.97 Å². The van der Waals surface area contributed by atoms with E-state index < -0.39 is 55.2 Å². The number of aliphatic hydroxyl groups excluding tert-OH is 5. The number of carbonyl (C=O) groups is 1. The summed E-state index contributed by atoms with van der Waals surface area (Å²) in [6, 6.07) is 0. The summed E-state index contributed by atoms with van der Waals surface area (Å²) in [5.41, 5.74) is 0. The number of esters is 1. The van der Waals surface area contributed by atoms with Crippen molar-refractivity contribution in [3.8, 4) is 0 Å². The zero-order valence-corrected chi connectivity index (χ0v) is 11.8. The number of aliphatic hydroxyl groups is 5. The predicted octanol–water partition coefficient (Wildman–Crippen LogP) is -3.55. The molecular weight excluding hydrogens is 304 g/mol. The van der Waals surface area contributed by atoms with Gasteiger partial charge in [0.15, 0.2) is 18.7 Å². The lowest BCUT2D eigenvalue weighted by Crippen LogP contribution is -2.60. The topological polar surface area (TPSA) is 155 Å². The summed E-state index contributed by atoms with van der Waals surface area (Å²) in [6.45, 7) is 0.539. The zero-order valence-electron chi connectivity index (χ0n) is 11.8. The van der Waals surface area contributed by atoms with Gasteiger partial charge in [0, 0.05) is 6.92 Å². The van der Waals surface area contributed by atoms with Gasteiger partial charge in [-0.3, -0.25) is 4.79 Å². The highest BCUT2D eigenvalue weighted by molar-refractivity contribution is 5.66. The molecule has 5 N–H and O–H groups in total. The maximum atomic E-state index is 11.1. The van der Waals surface area contributed by atoms with Gasteiger partial charge in [-0.25, -0.2) is 0 Å². The minimum atomic E-state index is -1.58. The Balaban J connectivity index is 2.08. The first kappa shape index (κ1) is 17.5. The molecule has 2 heterocycles. The molecule has 2 fully saturated rings. The summed E-state index contributed by atoms with van der Waals surface area (Å²) in [6.07, 6.45) is -11.1. The van der Waals surface area contributed by atoms with Gasteiger partial charge in [0.25, 0.3) is 0 Å². The van der Waals surface area contributed by atoms with Crippen LogP contribution in [0.15, 0.2) is 0 Å². The molecule has 2 rings (SSSR count). The van der Waals surface area contributed by atoms with Gasteiger partial charge in [0.1, 0.15) is 30.5 Å². The van der Waals surface area contributed by atoms with Crippen molar-refractivity contribution in [1.29, 1.82) is 0 Å². The van der Waals surface area contributed by atoms with Crippen molar-refractivity contribution in [3.05, 3.63) is 0 Å². The van der Waals surface area contributed by atoms with Crippen LogP contribution < -0.4 is 0 Å². The van der Waals surface area contributed by atoms with Crippen LogP contribution in [0.1, 0.15) is 6.92 Å². The van der Waals surface area contributed by atoms with E-state index in [1.807, 2.05) is 0 Å². The molecule has 0 aromatic carbocycles. The molecule has 22 heavy (non-hydrogen) atoms. The van der Waals surface area contributed by atoms with E-state index in [1.165, 1.54) is 0 Å². The smallest absolute Gasteiger partial charge is 0.303 e. The number of rotatable bonds is 3. The van der Waals surface area contributed by atoms with Crippen molar-refractivity contribution in [1.82, 2.24) is 0 Å². The molecule has 2 aliphatic heterocycles. The molecule has 0 amide bonds. The van der Waals surface area contributed by atoms with Crippen LogP contribution in [0.4, 0.5) is 0 Å². The van der Waals surface area contributed by atoms with Crippen molar-refractivity contribution in [3.63, 3.8) is 0 Å². The molecule has 0 aromatic rings. The summed E-state index contributed by atoms with van der Waals surface area (Å²) < 4.78 is 20.1. The third kappa shape index (κ3) is 3.73. The van der Waals surface area contributed by atoms with Crippen molar-refractivity contribution in [2.75, 3.05) is 13.2 Å². The lowest BCUT2D eigenvalue weighted by Gasteiger charge is -2.42. The summed E-state index contributed by atoms with van der Waals surface area (Å²) in [5.74, 6) is -0.726. The highest BCUT2D eigenvalue weighted by atomic mass is 16.7. The lowest BCUT2D eigenvalue weighted by molar-refractivity contribution is -0.330. The van der Waals surface area contributed by atoms with E-state index in [0.717, 1.165) is 6.92 Å². The first-order valence-corrected chi connectivity index (χ1v) is 6.77. The second kappa shape index (κ2) is 7.15. The average molecular weight is 324 g/mol. The van der Waals surface area contributed by atoms with E-state index in [9.17, 15) is 30.3 Å². The first-order chi connectivity index (χ1) is 10.3. The Morgan fingerprint density at radius 2 is 1.59 bits per heavy atom. The van der Waals surface area contributed by atoms with Crippen molar-refractivity contribution >= 4 is 5.97 Å². The Labute approximate surface area is 125 Å². The Bertz CT molecular complexity index is 390. The monoisotopic (exact) mass is 324 g/mol. The molecular formula is C12H20O10. The second-order valence-electron chi connectivity index (χ2n) is 5.22. The van der Waals surface area contributed by atoms with E-state index >= 15 is 0 Å². The van der Waals surface area contributed by atoms with Crippen molar-refractivity contribution in [2.24, 2.45) is 0 Å². The third-order valence-electron chi connectivity index (χ3n) is 3.47. The van der Waals surface area contributed by atoms with Crippen molar-refractivity contribution < 1.29 is 49.3 Å². The normalized spacial score (nSPS) is 46.3. The molecule has 0 saturated carbocycles. The summed E-state index contributed by atoms with van der Waals surface area (Å²) >= 11 is 0. The third-order valence-corrected chi connectivity index (χ3v) is 3.47. The van der Waals surface area contributed by atoms with E-state index in [0.29, 0.717) is 0 Å². The fraction of sp³-hybridized carbons (Fsp3) is 0.917. The van der Waals surface area contributed by atoms with E-state index in [2.05, 4.69) is 0 Å². The van der Waals surface area contributed by atoms with Gasteiger partial charge in [-0.05, 0) is 0 Å². The largest absolute Gasteiger partial charge is 0.454 e. The molecule has 128 valence electrons. The fourth-order valence-corrected chi connectivity index (χ4v) is 2.31. The van der Waals surface area contributed by atoms with Gasteiger partial charge in [-0.2, -0.15) is 0 Å². The molecule has 0 aromatic heterocycles. The number of hydrogen-bond acceptors (Lipinski definition) is 10. The fourth-order valence-electron chi connectivity index (χ4n) is 2.31. The maximum Gasteiger partial charge on any atom is 0.303 e. The minimum absolute atomic E-state index is 0.280. The van der Waals surface area contributed by atoms with Gasteiger partial charge in [0.05, 0.1) is 13.2 Å². The molecule has 10 heteroatoms. The molecule has 8 atom stereocenters. The van der Waals surface area contributed by atoms with Crippen LogP contribution in [0, 0.1) is 0 Å². The first-order valence-electron chi connectivity index (χ1n) is 6.77. The zero-order chi connectivity index (χ0) is 16.4. The van der Waals surface area contributed by atoms with Gasteiger partial charge < -0.3 is 44.5 Å². The number of ether oxygens (including phenoxy) is 4. The minimum Gasteiger partial charge on any atom is -0.454 e. The van der Waals surface area contributed by atoms with E-state index in [4.69, 9.17) is 18.9 Å². The molecule has 10 nitrogen and oxygen atoms in total. The molecule has 0 radical (unpaired) electrons. The van der Waals surface area contributed by atoms with E-state index in [1.54, 1.807) is 0 Å². The van der Waals surface area contributed by atoms with Crippen LogP contribution in [-0.4, -0.2) is 93.9 Å². The Morgan fingerprint density at radius 3 is 2.23 bits per heavy atom. The second-order valence-corrected chi connectivity index (χ2v) is 5.22. The molecule has 0 unspecified atom stereocenters. The van der Waals surface area contributed by atoms with Crippen molar-refractivity contribution in [2.45, 2.75) is 56.1 Å². The number of hydrogen-bond donors (Lipinski definition) is 5. The highest BCUT2D eigenvalue weighted by Crippen LogP contribution is 2.25. The summed E-state index contributed by atoms with van der Waals surface area (Å²) in [7, 11) is 0. The van der Waals surface area contributed by atoms with E-state index in [-0.39, 0.29) is 13.2 Å². The van der Waals surface area contributed by atoms with Crippen LogP contribution in [0.25, 0.3) is 0 Å². The molecule has 2 aliphatic rings. The van der Waals surface area contributed by atoms with Gasteiger partial charge in [-0.1, -0.05) is 0 Å². The Hall–Kier alpha value is -0.850. The molecule has 0 spiro atoms. The maximum absolute atomic E-state index is 11.1. The quantitative estimate of drug-likeness (QED) is 0.329. The van der Waals surface area contributed by atoms with Crippen LogP contribution in [0.2, 0.25) is 0 Å². The molecule has 0 aliphatic carbocycles. The number of carbonyl (C=O) groups excluding carboxylic acids is 1. The summed E-state index contributed by atoms with van der Waals surface area (Å²) in [5, 5.41) is 48.4.